The van der Waals surface area contributed by atoms with E-state index >= 15 is 0 Å². The van der Waals surface area contributed by atoms with E-state index in [2.05, 4.69) is 15.3 Å². The maximum absolute atomic E-state index is 13.2. The first kappa shape index (κ1) is 19.3. The highest BCUT2D eigenvalue weighted by atomic mass is 32.1. The summed E-state index contributed by atoms with van der Waals surface area (Å²) in [7, 11) is 0. The Bertz CT molecular complexity index is 1150. The van der Waals surface area contributed by atoms with Crippen LogP contribution < -0.4 is 5.32 Å². The number of benzene rings is 1. The van der Waals surface area contributed by atoms with Crippen molar-refractivity contribution in [2.24, 2.45) is 0 Å². The normalized spacial score (nSPS) is 12.2. The predicted molar refractivity (Wildman–Crippen MR) is 113 cm³/mol. The zero-order valence-corrected chi connectivity index (χ0v) is 16.6. The molecule has 0 saturated heterocycles. The standard InChI is InChI=1S/C22H20FN3O2S/c1-2-18(11-27)25-22(28)20-9-16(12-29-20)15-7-14-8-19(26-21(14)24-10-15)13-3-5-17(23)6-4-13/h3-10,12,18,27H,2,11H2,1H3,(H,24,26)(H,25,28)/t18-/m1/s1. The number of thiophene rings is 1. The minimum atomic E-state index is -0.271. The highest BCUT2D eigenvalue weighted by Gasteiger charge is 2.15. The summed E-state index contributed by atoms with van der Waals surface area (Å²) < 4.78 is 13.2. The van der Waals surface area contributed by atoms with E-state index in [0.717, 1.165) is 33.4 Å². The Hall–Kier alpha value is -3.03. The van der Waals surface area contributed by atoms with Gasteiger partial charge in [0.15, 0.2) is 0 Å². The summed E-state index contributed by atoms with van der Waals surface area (Å²) in [5.74, 6) is -0.455. The van der Waals surface area contributed by atoms with Gasteiger partial charge in [0.1, 0.15) is 11.5 Å². The molecule has 0 aliphatic carbocycles. The zero-order valence-electron chi connectivity index (χ0n) is 15.8. The second-order valence-electron chi connectivity index (χ2n) is 6.81. The number of nitrogens with one attached hydrogen (secondary N) is 2. The molecule has 4 rings (SSSR count). The lowest BCUT2D eigenvalue weighted by Crippen LogP contribution is -2.36. The SMILES string of the molecule is CC[C@H](CO)NC(=O)c1cc(-c2cnc3[nH]c(-c4ccc(F)cc4)cc3c2)cs1. The topological polar surface area (TPSA) is 78.0 Å². The first-order chi connectivity index (χ1) is 14.1. The van der Waals surface area contributed by atoms with Crippen LogP contribution >= 0.6 is 11.3 Å². The molecule has 0 unspecified atom stereocenters. The minimum absolute atomic E-state index is 0.0784. The average Bonchev–Trinajstić information content (AvgIpc) is 3.39. The number of aliphatic hydroxyl groups excluding tert-OH is 1. The van der Waals surface area contributed by atoms with Crippen LogP contribution in [0.25, 0.3) is 33.4 Å². The minimum Gasteiger partial charge on any atom is -0.394 e. The van der Waals surface area contributed by atoms with Crippen LogP contribution in [0.3, 0.4) is 0 Å². The molecule has 0 aliphatic rings. The van der Waals surface area contributed by atoms with Crippen LogP contribution in [0, 0.1) is 5.82 Å². The quantitative estimate of drug-likeness (QED) is 0.436. The molecular weight excluding hydrogens is 389 g/mol. The smallest absolute Gasteiger partial charge is 0.261 e. The molecule has 148 valence electrons. The van der Waals surface area contributed by atoms with Crippen molar-refractivity contribution in [3.05, 3.63) is 64.7 Å². The first-order valence-electron chi connectivity index (χ1n) is 9.32. The van der Waals surface area contributed by atoms with Crippen molar-refractivity contribution in [1.29, 1.82) is 0 Å². The van der Waals surface area contributed by atoms with E-state index in [1.165, 1.54) is 23.5 Å². The van der Waals surface area contributed by atoms with E-state index < -0.39 is 0 Å². The van der Waals surface area contributed by atoms with Crippen molar-refractivity contribution in [3.8, 4) is 22.4 Å². The number of rotatable bonds is 6. The fourth-order valence-electron chi connectivity index (χ4n) is 3.10. The molecule has 0 aliphatic heterocycles. The van der Waals surface area contributed by atoms with E-state index in [9.17, 15) is 14.3 Å². The molecule has 0 fully saturated rings. The predicted octanol–water partition coefficient (Wildman–Crippen LogP) is 4.60. The van der Waals surface area contributed by atoms with Crippen LogP contribution in [0.5, 0.6) is 0 Å². The molecular formula is C22H20FN3O2S. The van der Waals surface area contributed by atoms with Gasteiger partial charge in [0.2, 0.25) is 0 Å². The van der Waals surface area contributed by atoms with Gasteiger partial charge in [-0.1, -0.05) is 6.92 Å². The van der Waals surface area contributed by atoms with Gasteiger partial charge < -0.3 is 15.4 Å². The molecule has 5 nitrogen and oxygen atoms in total. The van der Waals surface area contributed by atoms with E-state index in [-0.39, 0.29) is 24.4 Å². The summed E-state index contributed by atoms with van der Waals surface area (Å²) in [5, 5.41) is 14.9. The van der Waals surface area contributed by atoms with Gasteiger partial charge >= 0.3 is 0 Å². The Labute approximate surface area is 171 Å². The van der Waals surface area contributed by atoms with E-state index in [4.69, 9.17) is 0 Å². The van der Waals surface area contributed by atoms with Crippen LogP contribution in [0.15, 0.2) is 54.0 Å². The van der Waals surface area contributed by atoms with Crippen molar-refractivity contribution < 1.29 is 14.3 Å². The lowest BCUT2D eigenvalue weighted by atomic mass is 10.1. The molecule has 29 heavy (non-hydrogen) atoms. The maximum atomic E-state index is 13.2. The number of amides is 1. The van der Waals surface area contributed by atoms with Crippen LogP contribution in [0.1, 0.15) is 23.0 Å². The lowest BCUT2D eigenvalue weighted by Gasteiger charge is -2.12. The highest BCUT2D eigenvalue weighted by Crippen LogP contribution is 2.29. The monoisotopic (exact) mass is 409 g/mol. The van der Waals surface area contributed by atoms with Gasteiger partial charge in [-0.2, -0.15) is 0 Å². The second kappa shape index (κ2) is 8.14. The molecule has 0 spiro atoms. The number of aromatic amines is 1. The number of nitrogens with zero attached hydrogens (tertiary/aromatic N) is 1. The van der Waals surface area contributed by atoms with Gasteiger partial charge in [-0.15, -0.1) is 11.3 Å². The summed E-state index contributed by atoms with van der Waals surface area (Å²) >= 11 is 1.36. The van der Waals surface area contributed by atoms with Crippen LogP contribution in [-0.4, -0.2) is 33.6 Å². The third kappa shape index (κ3) is 4.06. The Morgan fingerprint density at radius 1 is 1.21 bits per heavy atom. The molecule has 1 amide bonds. The number of aliphatic hydroxyl groups is 1. The number of H-pyrrole nitrogens is 1. The van der Waals surface area contributed by atoms with Crippen molar-refractivity contribution in [3.63, 3.8) is 0 Å². The number of halogens is 1. The number of hydrogen-bond acceptors (Lipinski definition) is 4. The third-order valence-electron chi connectivity index (χ3n) is 4.83. The Morgan fingerprint density at radius 3 is 2.72 bits per heavy atom. The summed E-state index contributed by atoms with van der Waals surface area (Å²) in [5.41, 5.74) is 4.32. The summed E-state index contributed by atoms with van der Waals surface area (Å²) in [6.07, 6.45) is 2.44. The van der Waals surface area contributed by atoms with Crippen molar-refractivity contribution >= 4 is 28.3 Å². The van der Waals surface area contributed by atoms with Crippen LogP contribution in [0.2, 0.25) is 0 Å². The van der Waals surface area contributed by atoms with E-state index in [0.29, 0.717) is 11.3 Å². The molecule has 7 heteroatoms. The Kier molecular flexibility index (Phi) is 5.42. The fraction of sp³-hybridized carbons (Fsp3) is 0.182. The van der Waals surface area contributed by atoms with Crippen LogP contribution in [-0.2, 0) is 0 Å². The molecule has 0 radical (unpaired) electrons. The number of aromatic nitrogens is 2. The van der Waals surface area contributed by atoms with Crippen molar-refractivity contribution in [1.82, 2.24) is 15.3 Å². The lowest BCUT2D eigenvalue weighted by molar-refractivity contribution is 0.0919. The summed E-state index contributed by atoms with van der Waals surface area (Å²) in [6, 6.07) is 11.9. The summed E-state index contributed by atoms with van der Waals surface area (Å²) in [4.78, 5) is 20.7. The third-order valence-corrected chi connectivity index (χ3v) is 5.76. The Morgan fingerprint density at radius 2 is 2.00 bits per heavy atom. The van der Waals surface area contributed by atoms with Crippen molar-refractivity contribution in [2.45, 2.75) is 19.4 Å². The molecule has 0 saturated carbocycles. The number of fused-ring (bicyclic) bond motifs is 1. The number of pyridine rings is 1. The van der Waals surface area contributed by atoms with Gasteiger partial charge in [-0.05, 0) is 65.4 Å². The summed E-state index contributed by atoms with van der Waals surface area (Å²) in [6.45, 7) is 1.84. The largest absolute Gasteiger partial charge is 0.394 e. The fourth-order valence-corrected chi connectivity index (χ4v) is 3.92. The molecule has 1 aromatic carbocycles. The number of carbonyl (C=O) groups excluding carboxylic acids is 1. The average molecular weight is 409 g/mol. The van der Waals surface area contributed by atoms with Gasteiger partial charge in [0.25, 0.3) is 5.91 Å². The molecule has 3 N–H and O–H groups in total. The first-order valence-corrected chi connectivity index (χ1v) is 10.2. The van der Waals surface area contributed by atoms with Gasteiger partial charge in [-0.25, -0.2) is 9.37 Å². The zero-order chi connectivity index (χ0) is 20.4. The van der Waals surface area contributed by atoms with Crippen molar-refractivity contribution in [2.75, 3.05) is 6.61 Å². The van der Waals surface area contributed by atoms with E-state index in [1.54, 1.807) is 18.3 Å². The second-order valence-corrected chi connectivity index (χ2v) is 7.72. The molecule has 3 aromatic heterocycles. The molecule has 0 bridgehead atoms. The van der Waals surface area contributed by atoms with Crippen LogP contribution in [0.4, 0.5) is 4.39 Å². The van der Waals surface area contributed by atoms with Gasteiger partial charge in [0, 0.05) is 22.8 Å². The number of carbonyl (C=O) groups is 1. The number of hydrogen-bond donors (Lipinski definition) is 3. The molecule has 4 aromatic rings. The van der Waals surface area contributed by atoms with Gasteiger partial charge in [-0.3, -0.25) is 4.79 Å². The van der Waals surface area contributed by atoms with E-state index in [1.807, 2.05) is 30.5 Å². The highest BCUT2D eigenvalue weighted by molar-refractivity contribution is 7.12. The Balaban J connectivity index is 1.59. The maximum Gasteiger partial charge on any atom is 0.261 e. The molecule has 1 atom stereocenters. The van der Waals surface area contributed by atoms with Gasteiger partial charge in [0.05, 0.1) is 17.5 Å². The molecule has 3 heterocycles.